The molecular weight excluding hydrogens is 267 g/mol. The average Bonchev–Trinajstić information content (AvgIpc) is 2.13. The van der Waals surface area contributed by atoms with Crippen molar-refractivity contribution in [2.24, 2.45) is 0 Å². The molecule has 1 rings (SSSR count). The van der Waals surface area contributed by atoms with Gasteiger partial charge >= 0.3 is 12.4 Å². The molecule has 0 radical (unpaired) electrons. The molecule has 0 aliphatic carbocycles. The molecule has 0 saturated heterocycles. The monoisotopic (exact) mass is 275 g/mol. The second-order valence-corrected chi connectivity index (χ2v) is 3.59. The van der Waals surface area contributed by atoms with E-state index in [1.54, 1.807) is 0 Å². The molecule has 0 aliphatic rings. The lowest BCUT2D eigenvalue weighted by Crippen LogP contribution is -2.31. The lowest BCUT2D eigenvalue weighted by molar-refractivity contribution is -0.215. The number of alkyl halides is 6. The molecule has 1 atom stereocenters. The molecule has 8 heteroatoms. The molecule has 0 saturated carbocycles. The Labute approximate surface area is 97.7 Å². The van der Waals surface area contributed by atoms with E-state index in [9.17, 15) is 30.8 Å². The van der Waals surface area contributed by atoms with Crippen LogP contribution in [0.4, 0.5) is 30.8 Å². The number of benzene rings is 1. The van der Waals surface area contributed by atoms with Gasteiger partial charge in [0.05, 0.1) is 5.56 Å². The first-order valence-electron chi connectivity index (χ1n) is 4.66. The van der Waals surface area contributed by atoms with Crippen molar-refractivity contribution in [3.63, 3.8) is 0 Å². The second-order valence-electron chi connectivity index (χ2n) is 3.59. The summed E-state index contributed by atoms with van der Waals surface area (Å²) in [6.45, 7) is 0. The fourth-order valence-corrected chi connectivity index (χ4v) is 1.45. The van der Waals surface area contributed by atoms with E-state index < -0.39 is 34.6 Å². The zero-order valence-corrected chi connectivity index (χ0v) is 8.98. The SMILES string of the molecule is CN(F)C(c1ccc(C(F)(F)F)cc1)C(F)(F)F. The molecule has 0 spiro atoms. The van der Waals surface area contributed by atoms with Crippen LogP contribution in [0.5, 0.6) is 0 Å². The fourth-order valence-electron chi connectivity index (χ4n) is 1.45. The van der Waals surface area contributed by atoms with Crippen molar-refractivity contribution >= 4 is 0 Å². The van der Waals surface area contributed by atoms with Crippen LogP contribution < -0.4 is 0 Å². The maximum Gasteiger partial charge on any atom is 0.416 e. The average molecular weight is 275 g/mol. The Morgan fingerprint density at radius 1 is 0.944 bits per heavy atom. The molecule has 102 valence electrons. The van der Waals surface area contributed by atoms with E-state index in [0.29, 0.717) is 31.3 Å². The Morgan fingerprint density at radius 3 is 1.67 bits per heavy atom. The standard InChI is InChI=1S/C10H8F7N/c1-18(17)8(10(14,15)16)6-2-4-7(5-3-6)9(11,12)13/h2-5,8H,1H3. The van der Waals surface area contributed by atoms with Gasteiger partial charge < -0.3 is 0 Å². The summed E-state index contributed by atoms with van der Waals surface area (Å²) in [7, 11) is 0.551. The van der Waals surface area contributed by atoms with Crippen molar-refractivity contribution in [2.45, 2.75) is 18.4 Å². The number of nitrogens with zero attached hydrogens (tertiary/aromatic N) is 1. The van der Waals surface area contributed by atoms with Crippen molar-refractivity contribution in [3.8, 4) is 0 Å². The molecular formula is C10H8F7N. The molecule has 0 aromatic heterocycles. The van der Waals surface area contributed by atoms with E-state index in [-0.39, 0.29) is 0 Å². The first-order valence-corrected chi connectivity index (χ1v) is 4.66. The highest BCUT2D eigenvalue weighted by atomic mass is 19.4. The van der Waals surface area contributed by atoms with Crippen molar-refractivity contribution in [1.82, 2.24) is 5.12 Å². The molecule has 18 heavy (non-hydrogen) atoms. The molecule has 0 fully saturated rings. The van der Waals surface area contributed by atoms with Gasteiger partial charge in [-0.2, -0.15) is 26.3 Å². The predicted octanol–water partition coefficient (Wildman–Crippen LogP) is 4.13. The first kappa shape index (κ1) is 14.7. The molecule has 0 N–H and O–H groups in total. The molecule has 0 amide bonds. The third-order valence-electron chi connectivity index (χ3n) is 2.22. The normalized spacial score (nSPS) is 14.9. The van der Waals surface area contributed by atoms with Crippen LogP contribution in [0.25, 0.3) is 0 Å². The lowest BCUT2D eigenvalue weighted by Gasteiger charge is -2.23. The van der Waals surface area contributed by atoms with Gasteiger partial charge in [-0.25, -0.2) is 0 Å². The van der Waals surface area contributed by atoms with E-state index in [1.165, 1.54) is 0 Å². The quantitative estimate of drug-likeness (QED) is 0.579. The van der Waals surface area contributed by atoms with Gasteiger partial charge in [-0.05, 0) is 17.7 Å². The first-order chi connectivity index (χ1) is 8.03. The van der Waals surface area contributed by atoms with Gasteiger partial charge in [-0.15, -0.1) is 9.60 Å². The van der Waals surface area contributed by atoms with Crippen molar-refractivity contribution < 1.29 is 30.8 Å². The van der Waals surface area contributed by atoms with Crippen molar-refractivity contribution in [1.29, 1.82) is 0 Å². The van der Waals surface area contributed by atoms with Crippen LogP contribution in [-0.4, -0.2) is 18.3 Å². The Kier molecular flexibility index (Phi) is 3.89. The zero-order valence-electron chi connectivity index (χ0n) is 8.98. The molecule has 1 nitrogen and oxygen atoms in total. The van der Waals surface area contributed by atoms with Crippen LogP contribution in [0, 0.1) is 0 Å². The largest absolute Gasteiger partial charge is 0.416 e. The smallest absolute Gasteiger partial charge is 0.169 e. The topological polar surface area (TPSA) is 3.24 Å². The summed E-state index contributed by atoms with van der Waals surface area (Å²) in [6, 6.07) is -0.400. The Hall–Kier alpha value is -1.31. The lowest BCUT2D eigenvalue weighted by atomic mass is 10.0. The Balaban J connectivity index is 3.10. The van der Waals surface area contributed by atoms with E-state index >= 15 is 0 Å². The van der Waals surface area contributed by atoms with Crippen LogP contribution in [0.3, 0.4) is 0 Å². The van der Waals surface area contributed by atoms with E-state index in [1.807, 2.05) is 0 Å². The van der Waals surface area contributed by atoms with Crippen LogP contribution in [0.1, 0.15) is 17.2 Å². The number of halogens is 7. The van der Waals surface area contributed by atoms with Gasteiger partial charge in [-0.1, -0.05) is 12.1 Å². The third kappa shape index (κ3) is 3.34. The Morgan fingerprint density at radius 2 is 1.39 bits per heavy atom. The van der Waals surface area contributed by atoms with Gasteiger partial charge in [0.25, 0.3) is 0 Å². The minimum atomic E-state index is -4.91. The molecule has 1 aromatic carbocycles. The molecule has 0 heterocycles. The molecule has 0 aliphatic heterocycles. The summed E-state index contributed by atoms with van der Waals surface area (Å²) < 4.78 is 86.9. The van der Waals surface area contributed by atoms with Crippen LogP contribution in [0.15, 0.2) is 24.3 Å². The van der Waals surface area contributed by atoms with Crippen molar-refractivity contribution in [2.75, 3.05) is 7.05 Å². The number of hydrogen-bond donors (Lipinski definition) is 0. The molecule has 1 unspecified atom stereocenters. The summed E-state index contributed by atoms with van der Waals surface area (Å²) in [5.74, 6) is 0. The minimum Gasteiger partial charge on any atom is -0.169 e. The minimum absolute atomic E-state index is 0.484. The second kappa shape index (κ2) is 4.75. The summed E-state index contributed by atoms with van der Waals surface area (Å²) in [6.07, 6.45) is -9.56. The van der Waals surface area contributed by atoms with E-state index in [4.69, 9.17) is 0 Å². The summed E-state index contributed by atoms with van der Waals surface area (Å²) in [4.78, 5) is 0. The number of hydrogen-bond acceptors (Lipinski definition) is 1. The summed E-state index contributed by atoms with van der Waals surface area (Å²) in [5, 5.41) is -0.595. The zero-order chi connectivity index (χ0) is 14.1. The van der Waals surface area contributed by atoms with Crippen molar-refractivity contribution in [3.05, 3.63) is 35.4 Å². The molecule has 1 aromatic rings. The third-order valence-corrected chi connectivity index (χ3v) is 2.22. The summed E-state index contributed by atoms with van der Waals surface area (Å²) in [5.41, 5.74) is -1.69. The van der Waals surface area contributed by atoms with Gasteiger partial charge in [0.2, 0.25) is 0 Å². The van der Waals surface area contributed by atoms with Crippen LogP contribution in [0.2, 0.25) is 0 Å². The van der Waals surface area contributed by atoms with Crippen LogP contribution in [-0.2, 0) is 6.18 Å². The van der Waals surface area contributed by atoms with Crippen LogP contribution >= 0.6 is 0 Å². The highest BCUT2D eigenvalue weighted by molar-refractivity contribution is 5.27. The Bertz CT molecular complexity index is 390. The van der Waals surface area contributed by atoms with Gasteiger partial charge in [0.15, 0.2) is 6.04 Å². The van der Waals surface area contributed by atoms with E-state index in [2.05, 4.69) is 0 Å². The van der Waals surface area contributed by atoms with Gasteiger partial charge in [0.1, 0.15) is 0 Å². The van der Waals surface area contributed by atoms with Gasteiger partial charge in [-0.3, -0.25) is 0 Å². The fraction of sp³-hybridized carbons (Fsp3) is 0.400. The highest BCUT2D eigenvalue weighted by Crippen LogP contribution is 2.38. The predicted molar refractivity (Wildman–Crippen MR) is 49.1 cm³/mol. The summed E-state index contributed by atoms with van der Waals surface area (Å²) >= 11 is 0. The maximum absolute atomic E-state index is 12.8. The van der Waals surface area contributed by atoms with E-state index in [0.717, 1.165) is 0 Å². The molecule has 0 bridgehead atoms. The maximum atomic E-state index is 12.8. The highest BCUT2D eigenvalue weighted by Gasteiger charge is 2.44. The number of rotatable bonds is 2. The van der Waals surface area contributed by atoms with Gasteiger partial charge in [0, 0.05) is 7.05 Å².